The number of hydrogen-bond donors (Lipinski definition) is 0. The molecule has 5 aromatic rings. The highest BCUT2D eigenvalue weighted by Crippen LogP contribution is 2.30. The standard InChI is InChI=1S/C27H19ClO5/c1-15-3-4-16(2)18(9-15)14-31-20-6-7-21-22(13-26(29)32-25(21)12-20)23-11-17-10-19(28)5-8-24(17)33-27(23)30/h3-13H,14H2,1-2H3. The number of hydrogen-bond acceptors (Lipinski definition) is 5. The van der Waals surface area contributed by atoms with Crippen LogP contribution in [0.3, 0.4) is 0 Å². The summed E-state index contributed by atoms with van der Waals surface area (Å²) >= 11 is 6.09. The van der Waals surface area contributed by atoms with Crippen molar-refractivity contribution in [1.82, 2.24) is 0 Å². The lowest BCUT2D eigenvalue weighted by atomic mass is 10.0. The van der Waals surface area contributed by atoms with Gasteiger partial charge in [-0.15, -0.1) is 0 Å². The summed E-state index contributed by atoms with van der Waals surface area (Å²) in [4.78, 5) is 25.0. The van der Waals surface area contributed by atoms with Crippen molar-refractivity contribution < 1.29 is 13.6 Å². The minimum Gasteiger partial charge on any atom is -0.489 e. The first-order valence-electron chi connectivity index (χ1n) is 10.4. The Morgan fingerprint density at radius 2 is 1.67 bits per heavy atom. The molecule has 0 radical (unpaired) electrons. The predicted molar refractivity (Wildman–Crippen MR) is 129 cm³/mol. The smallest absolute Gasteiger partial charge is 0.344 e. The highest BCUT2D eigenvalue weighted by molar-refractivity contribution is 6.31. The first-order valence-corrected chi connectivity index (χ1v) is 10.8. The summed E-state index contributed by atoms with van der Waals surface area (Å²) in [5.41, 5.74) is 3.68. The van der Waals surface area contributed by atoms with Gasteiger partial charge in [0.1, 0.15) is 23.5 Å². The van der Waals surface area contributed by atoms with Crippen LogP contribution in [0, 0.1) is 13.8 Å². The highest BCUT2D eigenvalue weighted by atomic mass is 35.5. The molecule has 6 heteroatoms. The Bertz CT molecular complexity index is 1650. The van der Waals surface area contributed by atoms with Gasteiger partial charge in [0.2, 0.25) is 0 Å². The van der Waals surface area contributed by atoms with E-state index in [-0.39, 0.29) is 5.56 Å². The van der Waals surface area contributed by atoms with Crippen molar-refractivity contribution in [3.05, 3.63) is 109 Å². The van der Waals surface area contributed by atoms with E-state index in [4.69, 9.17) is 25.2 Å². The van der Waals surface area contributed by atoms with Crippen LogP contribution in [-0.2, 0) is 6.61 Å². The third-order valence-electron chi connectivity index (χ3n) is 5.60. The van der Waals surface area contributed by atoms with Crippen LogP contribution in [0.2, 0.25) is 5.02 Å². The van der Waals surface area contributed by atoms with Gasteiger partial charge < -0.3 is 13.6 Å². The first kappa shape index (κ1) is 21.0. The maximum absolute atomic E-state index is 12.7. The molecule has 0 saturated carbocycles. The number of halogens is 1. The number of rotatable bonds is 4. The van der Waals surface area contributed by atoms with Crippen LogP contribution in [0.15, 0.2) is 85.2 Å². The van der Waals surface area contributed by atoms with E-state index in [0.717, 1.165) is 16.7 Å². The maximum atomic E-state index is 12.7. The number of aryl methyl sites for hydroxylation is 2. The first-order chi connectivity index (χ1) is 15.9. The van der Waals surface area contributed by atoms with Gasteiger partial charge in [0, 0.05) is 33.5 Å². The van der Waals surface area contributed by atoms with E-state index in [2.05, 4.69) is 18.2 Å². The summed E-state index contributed by atoms with van der Waals surface area (Å²) in [6.45, 7) is 4.45. The molecule has 164 valence electrons. The monoisotopic (exact) mass is 458 g/mol. The Morgan fingerprint density at radius 3 is 2.52 bits per heavy atom. The van der Waals surface area contributed by atoms with Gasteiger partial charge in [0.05, 0.1) is 5.56 Å². The van der Waals surface area contributed by atoms with Gasteiger partial charge in [-0.2, -0.15) is 0 Å². The molecular formula is C27H19ClO5. The zero-order valence-corrected chi connectivity index (χ0v) is 18.7. The molecule has 33 heavy (non-hydrogen) atoms. The van der Waals surface area contributed by atoms with Crippen molar-refractivity contribution in [1.29, 1.82) is 0 Å². The Balaban J connectivity index is 1.57. The van der Waals surface area contributed by atoms with Gasteiger partial charge in [-0.05, 0) is 61.4 Å². The second kappa shape index (κ2) is 8.26. The van der Waals surface area contributed by atoms with Gasteiger partial charge in [0.25, 0.3) is 0 Å². The number of fused-ring (bicyclic) bond motifs is 2. The molecule has 0 aliphatic rings. The molecule has 0 amide bonds. The van der Waals surface area contributed by atoms with Crippen LogP contribution >= 0.6 is 11.6 Å². The lowest BCUT2D eigenvalue weighted by molar-refractivity contribution is 0.305. The zero-order chi connectivity index (χ0) is 23.1. The SMILES string of the molecule is Cc1ccc(C)c(COc2ccc3c(-c4cc5cc(Cl)ccc5oc4=O)cc(=O)oc3c2)c1. The maximum Gasteiger partial charge on any atom is 0.344 e. The average Bonchev–Trinajstić information content (AvgIpc) is 2.78. The summed E-state index contributed by atoms with van der Waals surface area (Å²) < 4.78 is 16.8. The van der Waals surface area contributed by atoms with E-state index in [9.17, 15) is 9.59 Å². The zero-order valence-electron chi connectivity index (χ0n) is 18.0. The van der Waals surface area contributed by atoms with Gasteiger partial charge >= 0.3 is 11.3 Å². The molecule has 0 fully saturated rings. The molecule has 5 nitrogen and oxygen atoms in total. The number of ether oxygens (including phenoxy) is 1. The summed E-state index contributed by atoms with van der Waals surface area (Å²) in [6, 6.07) is 19.4. The average molecular weight is 459 g/mol. The van der Waals surface area contributed by atoms with Crippen LogP contribution in [0.4, 0.5) is 0 Å². The van der Waals surface area contributed by atoms with E-state index in [1.807, 2.05) is 13.8 Å². The lowest BCUT2D eigenvalue weighted by Crippen LogP contribution is -2.06. The van der Waals surface area contributed by atoms with Gasteiger partial charge in [-0.25, -0.2) is 9.59 Å². The minimum atomic E-state index is -0.574. The van der Waals surface area contributed by atoms with E-state index in [0.29, 0.717) is 44.9 Å². The van der Waals surface area contributed by atoms with Crippen LogP contribution in [0.5, 0.6) is 5.75 Å². The third kappa shape index (κ3) is 4.15. The topological polar surface area (TPSA) is 69.7 Å². The molecule has 0 bridgehead atoms. The van der Waals surface area contributed by atoms with Crippen molar-refractivity contribution in [2.75, 3.05) is 0 Å². The minimum absolute atomic E-state index is 0.256. The van der Waals surface area contributed by atoms with Crippen LogP contribution in [0.1, 0.15) is 16.7 Å². The molecule has 0 unspecified atom stereocenters. The van der Waals surface area contributed by atoms with Gasteiger partial charge in [-0.1, -0.05) is 35.4 Å². The summed E-state index contributed by atoms with van der Waals surface area (Å²) in [5.74, 6) is 0.557. The Morgan fingerprint density at radius 1 is 0.818 bits per heavy atom. The summed E-state index contributed by atoms with van der Waals surface area (Å²) in [5, 5.41) is 1.78. The fraction of sp³-hybridized carbons (Fsp3) is 0.111. The molecule has 5 rings (SSSR count). The molecule has 0 saturated heterocycles. The molecule has 3 aromatic carbocycles. The number of benzene rings is 3. The van der Waals surface area contributed by atoms with Crippen molar-refractivity contribution in [3.63, 3.8) is 0 Å². The van der Waals surface area contributed by atoms with E-state index in [1.54, 1.807) is 42.5 Å². The van der Waals surface area contributed by atoms with Gasteiger partial charge in [0.15, 0.2) is 0 Å². The van der Waals surface area contributed by atoms with E-state index in [1.165, 1.54) is 6.07 Å². The fourth-order valence-electron chi connectivity index (χ4n) is 3.85. The fourth-order valence-corrected chi connectivity index (χ4v) is 4.04. The second-order valence-electron chi connectivity index (χ2n) is 7.99. The van der Waals surface area contributed by atoms with E-state index >= 15 is 0 Å². The molecule has 0 aliphatic carbocycles. The molecule has 0 atom stereocenters. The van der Waals surface area contributed by atoms with Crippen LogP contribution in [-0.4, -0.2) is 0 Å². The molecule has 2 heterocycles. The Hall–Kier alpha value is -3.83. The quantitative estimate of drug-likeness (QED) is 0.291. The Kier molecular flexibility index (Phi) is 5.27. The normalized spacial score (nSPS) is 11.2. The largest absolute Gasteiger partial charge is 0.489 e. The van der Waals surface area contributed by atoms with E-state index < -0.39 is 11.3 Å². The van der Waals surface area contributed by atoms with Gasteiger partial charge in [-0.3, -0.25) is 0 Å². The lowest BCUT2D eigenvalue weighted by Gasteiger charge is -2.11. The molecule has 0 N–H and O–H groups in total. The van der Waals surface area contributed by atoms with Crippen molar-refractivity contribution in [2.45, 2.75) is 20.5 Å². The van der Waals surface area contributed by atoms with Crippen molar-refractivity contribution >= 4 is 33.5 Å². The molecular weight excluding hydrogens is 440 g/mol. The molecule has 0 aliphatic heterocycles. The summed E-state index contributed by atoms with van der Waals surface area (Å²) in [7, 11) is 0. The second-order valence-corrected chi connectivity index (χ2v) is 8.42. The Labute approximate surface area is 193 Å². The van der Waals surface area contributed by atoms with Crippen LogP contribution < -0.4 is 16.0 Å². The predicted octanol–water partition coefficient (Wildman–Crippen LogP) is 6.42. The third-order valence-corrected chi connectivity index (χ3v) is 5.83. The highest BCUT2D eigenvalue weighted by Gasteiger charge is 2.15. The molecule has 2 aromatic heterocycles. The van der Waals surface area contributed by atoms with Crippen LogP contribution in [0.25, 0.3) is 33.1 Å². The van der Waals surface area contributed by atoms with Crippen molar-refractivity contribution in [3.8, 4) is 16.9 Å². The summed E-state index contributed by atoms with van der Waals surface area (Å²) in [6.07, 6.45) is 0. The molecule has 0 spiro atoms. The van der Waals surface area contributed by atoms with Crippen molar-refractivity contribution in [2.24, 2.45) is 0 Å².